The number of benzene rings is 2. The molecular formula is C24H23ClN2O3S. The van der Waals surface area contributed by atoms with E-state index in [1.165, 1.54) is 16.2 Å². The number of amides is 2. The zero-order valence-corrected chi connectivity index (χ0v) is 18.7. The molecule has 0 saturated carbocycles. The molecule has 1 aliphatic rings. The second-order valence-electron chi connectivity index (χ2n) is 7.53. The molecule has 0 unspecified atom stereocenters. The number of anilines is 2. The van der Waals surface area contributed by atoms with Gasteiger partial charge in [-0.15, -0.1) is 11.3 Å². The van der Waals surface area contributed by atoms with Crippen molar-refractivity contribution < 1.29 is 14.3 Å². The lowest BCUT2D eigenvalue weighted by atomic mass is 9.95. The molecule has 2 aromatic carbocycles. The van der Waals surface area contributed by atoms with E-state index in [0.29, 0.717) is 21.3 Å². The minimum atomic E-state index is -0.307. The summed E-state index contributed by atoms with van der Waals surface area (Å²) in [5, 5.41) is 7.05. The summed E-state index contributed by atoms with van der Waals surface area (Å²) in [5.41, 5.74) is 3.48. The zero-order chi connectivity index (χ0) is 21.8. The predicted molar refractivity (Wildman–Crippen MR) is 126 cm³/mol. The Balaban J connectivity index is 1.50. The Morgan fingerprint density at radius 2 is 1.71 bits per heavy atom. The van der Waals surface area contributed by atoms with Crippen molar-refractivity contribution in [2.75, 3.05) is 17.2 Å². The van der Waals surface area contributed by atoms with E-state index in [4.69, 9.17) is 16.3 Å². The standard InChI is InChI=1S/C24H23ClN2O3S/c1-15-6-10-17(11-7-15)26-23(29)22-19-4-2-3-5-20(19)31-24(22)27-21(28)14-30-18-12-8-16(25)9-13-18/h6-13H,2-5,14H2,1H3,(H,26,29)(H,27,28). The summed E-state index contributed by atoms with van der Waals surface area (Å²) in [6.45, 7) is 1.85. The molecule has 0 radical (unpaired) electrons. The van der Waals surface area contributed by atoms with Gasteiger partial charge in [0.2, 0.25) is 0 Å². The number of hydrogen-bond donors (Lipinski definition) is 2. The van der Waals surface area contributed by atoms with Crippen molar-refractivity contribution in [2.45, 2.75) is 32.6 Å². The Kier molecular flexibility index (Phi) is 6.59. The Morgan fingerprint density at radius 1 is 1.00 bits per heavy atom. The topological polar surface area (TPSA) is 67.4 Å². The fourth-order valence-corrected chi connectivity index (χ4v) is 5.00. The lowest BCUT2D eigenvalue weighted by Crippen LogP contribution is -2.22. The van der Waals surface area contributed by atoms with Crippen molar-refractivity contribution in [3.05, 3.63) is 75.1 Å². The van der Waals surface area contributed by atoms with Crippen LogP contribution in [0.2, 0.25) is 5.02 Å². The second-order valence-corrected chi connectivity index (χ2v) is 9.07. The van der Waals surface area contributed by atoms with Gasteiger partial charge in [0.25, 0.3) is 11.8 Å². The lowest BCUT2D eigenvalue weighted by molar-refractivity contribution is -0.118. The van der Waals surface area contributed by atoms with Crippen LogP contribution >= 0.6 is 22.9 Å². The number of aryl methyl sites for hydroxylation is 2. The molecule has 1 aliphatic carbocycles. The quantitative estimate of drug-likeness (QED) is 0.490. The van der Waals surface area contributed by atoms with E-state index in [-0.39, 0.29) is 18.4 Å². The summed E-state index contributed by atoms with van der Waals surface area (Å²) in [6, 6.07) is 14.5. The van der Waals surface area contributed by atoms with E-state index in [9.17, 15) is 9.59 Å². The number of thiophene rings is 1. The molecule has 0 bridgehead atoms. The number of fused-ring (bicyclic) bond motifs is 1. The van der Waals surface area contributed by atoms with Gasteiger partial charge in [-0.2, -0.15) is 0 Å². The van der Waals surface area contributed by atoms with E-state index >= 15 is 0 Å². The number of ether oxygens (including phenoxy) is 1. The first-order chi connectivity index (χ1) is 15.0. The van der Waals surface area contributed by atoms with Crippen LogP contribution in [0, 0.1) is 6.92 Å². The van der Waals surface area contributed by atoms with Gasteiger partial charge >= 0.3 is 0 Å². The molecule has 7 heteroatoms. The highest BCUT2D eigenvalue weighted by atomic mass is 35.5. The Labute approximate surface area is 190 Å². The van der Waals surface area contributed by atoms with Crippen LogP contribution < -0.4 is 15.4 Å². The second kappa shape index (κ2) is 9.54. The van der Waals surface area contributed by atoms with E-state index < -0.39 is 0 Å². The molecule has 3 aromatic rings. The average molecular weight is 455 g/mol. The molecule has 0 saturated heterocycles. The van der Waals surface area contributed by atoms with Crippen LogP contribution in [0.5, 0.6) is 5.75 Å². The van der Waals surface area contributed by atoms with Gasteiger partial charge in [-0.05, 0) is 74.6 Å². The van der Waals surface area contributed by atoms with E-state index in [1.54, 1.807) is 24.3 Å². The summed E-state index contributed by atoms with van der Waals surface area (Å²) in [5.74, 6) is 0.0532. The number of rotatable bonds is 6. The van der Waals surface area contributed by atoms with Gasteiger partial charge in [0.15, 0.2) is 6.61 Å². The number of nitrogens with one attached hydrogen (secondary N) is 2. The largest absolute Gasteiger partial charge is 0.484 e. The first kappa shape index (κ1) is 21.4. The summed E-state index contributed by atoms with van der Waals surface area (Å²) in [6.07, 6.45) is 3.92. The third-order valence-corrected chi connectivity index (χ3v) is 6.60. The Morgan fingerprint density at radius 3 is 2.45 bits per heavy atom. The molecule has 0 spiro atoms. The van der Waals surface area contributed by atoms with Gasteiger partial charge in [-0.25, -0.2) is 0 Å². The van der Waals surface area contributed by atoms with Crippen LogP contribution in [0.15, 0.2) is 48.5 Å². The Bertz CT molecular complexity index is 1090. The molecule has 1 heterocycles. The first-order valence-electron chi connectivity index (χ1n) is 10.2. The fraction of sp³-hybridized carbons (Fsp3) is 0.250. The number of halogens is 1. The zero-order valence-electron chi connectivity index (χ0n) is 17.2. The van der Waals surface area contributed by atoms with Crippen LogP contribution in [0.4, 0.5) is 10.7 Å². The van der Waals surface area contributed by atoms with Crippen molar-refractivity contribution in [1.29, 1.82) is 0 Å². The fourth-order valence-electron chi connectivity index (χ4n) is 3.57. The van der Waals surface area contributed by atoms with Gasteiger partial charge in [0.1, 0.15) is 10.8 Å². The molecule has 2 amide bonds. The smallest absolute Gasteiger partial charge is 0.262 e. The molecule has 160 valence electrons. The predicted octanol–water partition coefficient (Wildman–Crippen LogP) is 5.86. The highest BCUT2D eigenvalue weighted by Crippen LogP contribution is 2.38. The monoisotopic (exact) mass is 454 g/mol. The summed E-state index contributed by atoms with van der Waals surface area (Å²) in [7, 11) is 0. The third kappa shape index (κ3) is 5.27. The maximum Gasteiger partial charge on any atom is 0.262 e. The minimum Gasteiger partial charge on any atom is -0.484 e. The summed E-state index contributed by atoms with van der Waals surface area (Å²) < 4.78 is 5.54. The lowest BCUT2D eigenvalue weighted by Gasteiger charge is -2.13. The summed E-state index contributed by atoms with van der Waals surface area (Å²) >= 11 is 7.36. The van der Waals surface area contributed by atoms with Crippen LogP contribution in [0.1, 0.15) is 39.2 Å². The van der Waals surface area contributed by atoms with Crippen molar-refractivity contribution >= 4 is 45.4 Å². The van der Waals surface area contributed by atoms with Crippen molar-refractivity contribution in [3.63, 3.8) is 0 Å². The van der Waals surface area contributed by atoms with Gasteiger partial charge in [0.05, 0.1) is 5.56 Å². The maximum atomic E-state index is 13.1. The van der Waals surface area contributed by atoms with Crippen molar-refractivity contribution in [3.8, 4) is 5.75 Å². The van der Waals surface area contributed by atoms with Gasteiger partial charge in [-0.1, -0.05) is 29.3 Å². The SMILES string of the molecule is Cc1ccc(NC(=O)c2c(NC(=O)COc3ccc(Cl)cc3)sc3c2CCCC3)cc1. The van der Waals surface area contributed by atoms with E-state index in [0.717, 1.165) is 42.5 Å². The highest BCUT2D eigenvalue weighted by Gasteiger charge is 2.26. The molecule has 0 fully saturated rings. The molecule has 5 nitrogen and oxygen atoms in total. The van der Waals surface area contributed by atoms with Crippen LogP contribution in [-0.4, -0.2) is 18.4 Å². The molecule has 4 rings (SSSR count). The van der Waals surface area contributed by atoms with Crippen LogP contribution in [-0.2, 0) is 17.6 Å². The normalized spacial score (nSPS) is 12.7. The number of carbonyl (C=O) groups excluding carboxylic acids is 2. The van der Waals surface area contributed by atoms with Gasteiger partial charge in [-0.3, -0.25) is 9.59 Å². The maximum absolute atomic E-state index is 13.1. The molecule has 0 aliphatic heterocycles. The van der Waals surface area contributed by atoms with E-state index in [2.05, 4.69) is 10.6 Å². The van der Waals surface area contributed by atoms with E-state index in [1.807, 2.05) is 31.2 Å². The van der Waals surface area contributed by atoms with Gasteiger partial charge < -0.3 is 15.4 Å². The molecular weight excluding hydrogens is 432 g/mol. The molecule has 0 atom stereocenters. The van der Waals surface area contributed by atoms with Gasteiger partial charge in [0, 0.05) is 15.6 Å². The average Bonchev–Trinajstić information content (AvgIpc) is 3.12. The summed E-state index contributed by atoms with van der Waals surface area (Å²) in [4.78, 5) is 26.9. The van der Waals surface area contributed by atoms with Crippen molar-refractivity contribution in [1.82, 2.24) is 0 Å². The molecule has 31 heavy (non-hydrogen) atoms. The molecule has 2 N–H and O–H groups in total. The third-order valence-electron chi connectivity index (χ3n) is 5.14. The highest BCUT2D eigenvalue weighted by molar-refractivity contribution is 7.17. The Hall–Kier alpha value is -2.83. The molecule has 1 aromatic heterocycles. The van der Waals surface area contributed by atoms with Crippen LogP contribution in [0.25, 0.3) is 0 Å². The van der Waals surface area contributed by atoms with Crippen molar-refractivity contribution in [2.24, 2.45) is 0 Å². The van der Waals surface area contributed by atoms with Crippen LogP contribution in [0.3, 0.4) is 0 Å². The first-order valence-corrected chi connectivity index (χ1v) is 11.4. The minimum absolute atomic E-state index is 0.150. The number of carbonyl (C=O) groups is 2. The number of hydrogen-bond acceptors (Lipinski definition) is 4.